The zero-order valence-corrected chi connectivity index (χ0v) is 16.0. The van der Waals surface area contributed by atoms with Crippen molar-refractivity contribution in [2.24, 2.45) is 5.41 Å². The van der Waals surface area contributed by atoms with Crippen LogP contribution in [0.5, 0.6) is 0 Å². The van der Waals surface area contributed by atoms with Gasteiger partial charge in [0.15, 0.2) is 0 Å². The molecule has 0 atom stereocenters. The van der Waals surface area contributed by atoms with Gasteiger partial charge in [-0.2, -0.15) is 4.31 Å². The third-order valence-corrected chi connectivity index (χ3v) is 6.46. The number of amides is 1. The number of nitrogens with one attached hydrogen (secondary N) is 1. The summed E-state index contributed by atoms with van der Waals surface area (Å²) < 4.78 is 26.7. The van der Waals surface area contributed by atoms with Gasteiger partial charge in [0.2, 0.25) is 15.9 Å². The zero-order chi connectivity index (χ0) is 19.4. The van der Waals surface area contributed by atoms with Gasteiger partial charge in [0, 0.05) is 19.6 Å². The molecule has 1 aromatic carbocycles. The fourth-order valence-corrected chi connectivity index (χ4v) is 4.19. The van der Waals surface area contributed by atoms with Gasteiger partial charge >= 0.3 is 5.97 Å². The number of nitrogens with zero attached hydrogens (tertiary/aromatic N) is 1. The highest BCUT2D eigenvalue weighted by molar-refractivity contribution is 7.89. The summed E-state index contributed by atoms with van der Waals surface area (Å²) in [6, 6.07) is 6.29. The van der Waals surface area contributed by atoms with Gasteiger partial charge in [-0.05, 0) is 44.4 Å². The molecule has 1 aromatic rings. The summed E-state index contributed by atoms with van der Waals surface area (Å²) in [5.41, 5.74) is -0.365. The standard InChI is InChI=1S/C18H26N2O5S/c1-18(2,17(22)23)13-19-16(21)12-14-6-8-15(9-7-14)26(24,25)20-10-4-3-5-11-20/h6-9H,3-5,10-13H2,1-2H3,(H,19,21)(H,22,23). The second-order valence-corrected chi connectivity index (χ2v) is 9.19. The second kappa shape index (κ2) is 8.18. The predicted octanol–water partition coefficient (Wildman–Crippen LogP) is 1.63. The lowest BCUT2D eigenvalue weighted by Gasteiger charge is -2.25. The minimum absolute atomic E-state index is 0.0303. The first kappa shape index (κ1) is 20.4. The van der Waals surface area contributed by atoms with E-state index in [0.29, 0.717) is 18.7 Å². The summed E-state index contributed by atoms with van der Waals surface area (Å²) in [5, 5.41) is 11.6. The number of carboxylic acids is 1. The van der Waals surface area contributed by atoms with Gasteiger partial charge in [0.1, 0.15) is 0 Å². The lowest BCUT2D eigenvalue weighted by atomic mass is 9.94. The molecule has 2 N–H and O–H groups in total. The maximum atomic E-state index is 12.6. The normalized spacial score (nSPS) is 16.2. The van der Waals surface area contributed by atoms with E-state index in [9.17, 15) is 18.0 Å². The number of rotatable bonds is 7. The van der Waals surface area contributed by atoms with Crippen LogP contribution in [0.25, 0.3) is 0 Å². The van der Waals surface area contributed by atoms with E-state index in [0.717, 1.165) is 19.3 Å². The Morgan fingerprint density at radius 1 is 1.12 bits per heavy atom. The SMILES string of the molecule is CC(C)(CNC(=O)Cc1ccc(S(=O)(=O)N2CCCCC2)cc1)C(=O)O. The van der Waals surface area contributed by atoms with Crippen LogP contribution < -0.4 is 5.32 Å². The molecule has 2 rings (SSSR count). The summed E-state index contributed by atoms with van der Waals surface area (Å²) in [4.78, 5) is 23.3. The molecular formula is C18H26N2O5S. The van der Waals surface area contributed by atoms with Crippen LogP contribution in [0, 0.1) is 5.41 Å². The molecule has 1 aliphatic rings. The molecule has 7 nitrogen and oxygen atoms in total. The van der Waals surface area contributed by atoms with E-state index in [-0.39, 0.29) is 23.8 Å². The summed E-state index contributed by atoms with van der Waals surface area (Å²) in [5.74, 6) is -1.28. The summed E-state index contributed by atoms with van der Waals surface area (Å²) in [6.07, 6.45) is 2.88. The van der Waals surface area contributed by atoms with E-state index in [1.165, 1.54) is 30.3 Å². The molecule has 0 unspecified atom stereocenters. The zero-order valence-electron chi connectivity index (χ0n) is 15.2. The molecule has 1 aliphatic heterocycles. The van der Waals surface area contributed by atoms with Crippen molar-refractivity contribution in [3.05, 3.63) is 29.8 Å². The van der Waals surface area contributed by atoms with E-state index in [2.05, 4.69) is 5.32 Å². The van der Waals surface area contributed by atoms with Crippen LogP contribution in [0.2, 0.25) is 0 Å². The highest BCUT2D eigenvalue weighted by Gasteiger charge is 2.28. The van der Waals surface area contributed by atoms with Crippen LogP contribution >= 0.6 is 0 Å². The Morgan fingerprint density at radius 2 is 1.69 bits per heavy atom. The minimum atomic E-state index is -3.48. The van der Waals surface area contributed by atoms with Crippen LogP contribution in [-0.2, 0) is 26.0 Å². The van der Waals surface area contributed by atoms with Gasteiger partial charge in [-0.25, -0.2) is 8.42 Å². The fraction of sp³-hybridized carbons (Fsp3) is 0.556. The highest BCUT2D eigenvalue weighted by Crippen LogP contribution is 2.21. The number of carbonyl (C=O) groups is 2. The number of sulfonamides is 1. The molecule has 1 heterocycles. The molecule has 0 aromatic heterocycles. The van der Waals surface area contributed by atoms with E-state index in [4.69, 9.17) is 5.11 Å². The summed E-state index contributed by atoms with van der Waals surface area (Å²) in [6.45, 7) is 4.20. The fourth-order valence-electron chi connectivity index (χ4n) is 2.68. The molecule has 8 heteroatoms. The molecule has 0 bridgehead atoms. The third-order valence-electron chi connectivity index (χ3n) is 4.55. The average molecular weight is 382 g/mol. The molecule has 26 heavy (non-hydrogen) atoms. The Bertz CT molecular complexity index is 750. The summed E-state index contributed by atoms with van der Waals surface area (Å²) >= 11 is 0. The second-order valence-electron chi connectivity index (χ2n) is 7.25. The van der Waals surface area contributed by atoms with Crippen molar-refractivity contribution in [2.75, 3.05) is 19.6 Å². The number of aliphatic carboxylic acids is 1. The van der Waals surface area contributed by atoms with Gasteiger partial charge in [-0.1, -0.05) is 18.6 Å². The molecule has 1 fully saturated rings. The first-order valence-electron chi connectivity index (χ1n) is 8.72. The predicted molar refractivity (Wildman–Crippen MR) is 97.2 cm³/mol. The van der Waals surface area contributed by atoms with Crippen molar-refractivity contribution in [1.29, 1.82) is 0 Å². The summed E-state index contributed by atoms with van der Waals surface area (Å²) in [7, 11) is -3.48. The number of carbonyl (C=O) groups excluding carboxylic acids is 1. The third kappa shape index (κ3) is 5.04. The van der Waals surface area contributed by atoms with E-state index in [1.54, 1.807) is 12.1 Å². The Morgan fingerprint density at radius 3 is 2.23 bits per heavy atom. The van der Waals surface area contributed by atoms with Crippen molar-refractivity contribution in [3.63, 3.8) is 0 Å². The van der Waals surface area contributed by atoms with Crippen LogP contribution in [-0.4, -0.2) is 49.3 Å². The topological polar surface area (TPSA) is 104 Å². The Hall–Kier alpha value is -1.93. The monoisotopic (exact) mass is 382 g/mol. The number of hydrogen-bond donors (Lipinski definition) is 2. The van der Waals surface area contributed by atoms with Gasteiger partial charge < -0.3 is 10.4 Å². The lowest BCUT2D eigenvalue weighted by molar-refractivity contribution is -0.146. The smallest absolute Gasteiger partial charge is 0.310 e. The van der Waals surface area contributed by atoms with Gasteiger partial charge in [0.05, 0.1) is 16.7 Å². The average Bonchev–Trinajstić information content (AvgIpc) is 2.61. The number of carboxylic acid groups (broad SMARTS) is 1. The first-order chi connectivity index (χ1) is 12.1. The molecule has 0 aliphatic carbocycles. The number of hydrogen-bond acceptors (Lipinski definition) is 4. The van der Waals surface area contributed by atoms with Gasteiger partial charge in [0.25, 0.3) is 0 Å². The van der Waals surface area contributed by atoms with Crippen LogP contribution in [0.3, 0.4) is 0 Å². The van der Waals surface area contributed by atoms with Crippen molar-refractivity contribution >= 4 is 21.9 Å². The van der Waals surface area contributed by atoms with Crippen LogP contribution in [0.1, 0.15) is 38.7 Å². The molecule has 1 amide bonds. The van der Waals surface area contributed by atoms with Crippen molar-refractivity contribution in [1.82, 2.24) is 9.62 Å². The molecule has 0 saturated carbocycles. The van der Waals surface area contributed by atoms with Crippen LogP contribution in [0.15, 0.2) is 29.2 Å². The van der Waals surface area contributed by atoms with Gasteiger partial charge in [-0.15, -0.1) is 0 Å². The van der Waals surface area contributed by atoms with E-state index in [1.807, 2.05) is 0 Å². The molecular weight excluding hydrogens is 356 g/mol. The Labute approximate surface area is 154 Å². The van der Waals surface area contributed by atoms with Crippen molar-refractivity contribution in [2.45, 2.75) is 44.4 Å². The van der Waals surface area contributed by atoms with Crippen molar-refractivity contribution in [3.8, 4) is 0 Å². The van der Waals surface area contributed by atoms with E-state index >= 15 is 0 Å². The number of benzene rings is 1. The van der Waals surface area contributed by atoms with E-state index < -0.39 is 21.4 Å². The number of piperidine rings is 1. The van der Waals surface area contributed by atoms with Crippen LogP contribution in [0.4, 0.5) is 0 Å². The Balaban J connectivity index is 1.96. The van der Waals surface area contributed by atoms with Gasteiger partial charge in [-0.3, -0.25) is 9.59 Å². The minimum Gasteiger partial charge on any atom is -0.481 e. The highest BCUT2D eigenvalue weighted by atomic mass is 32.2. The lowest BCUT2D eigenvalue weighted by Crippen LogP contribution is -2.39. The first-order valence-corrected chi connectivity index (χ1v) is 10.2. The maximum absolute atomic E-state index is 12.6. The Kier molecular flexibility index (Phi) is 6.41. The quantitative estimate of drug-likeness (QED) is 0.746. The largest absolute Gasteiger partial charge is 0.481 e. The molecule has 144 valence electrons. The molecule has 0 radical (unpaired) electrons. The molecule has 1 saturated heterocycles. The van der Waals surface area contributed by atoms with Crippen molar-refractivity contribution < 1.29 is 23.1 Å². The maximum Gasteiger partial charge on any atom is 0.310 e. The molecule has 0 spiro atoms.